The molecular weight excluding hydrogens is 524 g/mol. The van der Waals surface area contributed by atoms with Crippen LogP contribution in [0.5, 0.6) is 11.5 Å². The summed E-state index contributed by atoms with van der Waals surface area (Å²) >= 11 is 1.24. The molecule has 5 rings (SSSR count). The third-order valence-corrected chi connectivity index (χ3v) is 8.14. The molecule has 9 heteroatoms. The van der Waals surface area contributed by atoms with Crippen LogP contribution < -0.4 is 15.0 Å². The van der Waals surface area contributed by atoms with E-state index in [1.807, 2.05) is 55.5 Å². The molecule has 2 atom stereocenters. The quantitative estimate of drug-likeness (QED) is 0.269. The van der Waals surface area contributed by atoms with Gasteiger partial charge >= 0.3 is 0 Å². The molecule has 0 spiro atoms. The van der Waals surface area contributed by atoms with Crippen molar-refractivity contribution in [3.63, 3.8) is 0 Å². The SMILES string of the molecule is CCCc1cc(=O)[nH]c(SCC(=O)N2N=C3/C(=C\c4ccc(OC)cc4)CCC[C@H]3[C@H]2c2ccc(OC)cc2)n1. The number of carbonyl (C=O) groups excluding carboxylic acids is 1. The molecule has 0 radical (unpaired) electrons. The topological polar surface area (TPSA) is 96.9 Å². The maximum Gasteiger partial charge on any atom is 0.253 e. The number of nitrogens with zero attached hydrogens (tertiary/aromatic N) is 3. The van der Waals surface area contributed by atoms with Crippen LogP contribution in [0.3, 0.4) is 0 Å². The van der Waals surface area contributed by atoms with Gasteiger partial charge in [0.2, 0.25) is 0 Å². The average Bonchev–Trinajstić information content (AvgIpc) is 3.37. The van der Waals surface area contributed by atoms with Gasteiger partial charge in [0.1, 0.15) is 11.5 Å². The van der Waals surface area contributed by atoms with Crippen LogP contribution in [-0.4, -0.2) is 46.6 Å². The van der Waals surface area contributed by atoms with Gasteiger partial charge in [-0.2, -0.15) is 5.10 Å². The molecule has 1 aromatic heterocycles. The zero-order valence-electron chi connectivity index (χ0n) is 23.1. The lowest BCUT2D eigenvalue weighted by atomic mass is 9.77. The highest BCUT2D eigenvalue weighted by Crippen LogP contribution is 2.45. The summed E-state index contributed by atoms with van der Waals surface area (Å²) in [6, 6.07) is 17.2. The van der Waals surface area contributed by atoms with E-state index in [-0.39, 0.29) is 29.2 Å². The van der Waals surface area contributed by atoms with E-state index in [4.69, 9.17) is 14.6 Å². The number of hydrogen-bond donors (Lipinski definition) is 1. The van der Waals surface area contributed by atoms with Crippen molar-refractivity contribution in [3.05, 3.63) is 87.3 Å². The van der Waals surface area contributed by atoms with Gasteiger partial charge in [0, 0.05) is 17.7 Å². The molecule has 1 saturated carbocycles. The second-order valence-corrected chi connectivity index (χ2v) is 10.9. The summed E-state index contributed by atoms with van der Waals surface area (Å²) in [5, 5.41) is 7.07. The van der Waals surface area contributed by atoms with Gasteiger partial charge < -0.3 is 14.5 Å². The Labute approximate surface area is 238 Å². The summed E-state index contributed by atoms with van der Waals surface area (Å²) in [5.74, 6) is 1.66. The predicted molar refractivity (Wildman–Crippen MR) is 158 cm³/mol. The molecular formula is C31H34N4O4S. The number of H-pyrrole nitrogens is 1. The van der Waals surface area contributed by atoms with Crippen LogP contribution in [0.4, 0.5) is 0 Å². The number of amides is 1. The average molecular weight is 559 g/mol. The van der Waals surface area contributed by atoms with Gasteiger partial charge in [-0.15, -0.1) is 0 Å². The Morgan fingerprint density at radius 1 is 1.10 bits per heavy atom. The number of ether oxygens (including phenoxy) is 2. The van der Waals surface area contributed by atoms with Crippen molar-refractivity contribution >= 4 is 29.5 Å². The minimum atomic E-state index is -0.216. The molecule has 208 valence electrons. The summed E-state index contributed by atoms with van der Waals surface area (Å²) in [6.45, 7) is 2.04. The van der Waals surface area contributed by atoms with Gasteiger partial charge in [-0.05, 0) is 72.7 Å². The number of hydrogen-bond acceptors (Lipinski definition) is 7. The third-order valence-electron chi connectivity index (χ3n) is 7.28. The van der Waals surface area contributed by atoms with Gasteiger partial charge in [-0.25, -0.2) is 9.99 Å². The number of benzene rings is 2. The summed E-state index contributed by atoms with van der Waals surface area (Å²) in [7, 11) is 3.30. The standard InChI is InChI=1S/C31H34N4O4S/c1-4-6-23-18-27(36)33-31(32-23)40-19-28(37)35-30(21-11-15-25(39-3)16-12-21)26-8-5-7-22(29(26)34-35)17-20-9-13-24(38-2)14-10-20/h9-18,26,30H,4-8,19H2,1-3H3,(H,32,33,36)/b22-17-/t26-,30-/m1/s1. The molecule has 0 bridgehead atoms. The van der Waals surface area contributed by atoms with Crippen LogP contribution >= 0.6 is 11.8 Å². The lowest BCUT2D eigenvalue weighted by molar-refractivity contribution is -0.130. The lowest BCUT2D eigenvalue weighted by Crippen LogP contribution is -2.33. The van der Waals surface area contributed by atoms with E-state index in [0.717, 1.165) is 71.7 Å². The third kappa shape index (κ3) is 6.14. The van der Waals surface area contributed by atoms with E-state index in [0.29, 0.717) is 5.16 Å². The monoisotopic (exact) mass is 558 g/mol. The van der Waals surface area contributed by atoms with Gasteiger partial charge in [-0.3, -0.25) is 9.59 Å². The zero-order chi connectivity index (χ0) is 28.1. The molecule has 1 amide bonds. The van der Waals surface area contributed by atoms with Crippen molar-refractivity contribution < 1.29 is 14.3 Å². The number of aromatic nitrogens is 2. The molecule has 1 aliphatic heterocycles. The maximum atomic E-state index is 13.7. The zero-order valence-corrected chi connectivity index (χ0v) is 23.9. The number of rotatable bonds is 9. The first-order chi connectivity index (χ1) is 19.5. The first-order valence-corrected chi connectivity index (χ1v) is 14.6. The van der Waals surface area contributed by atoms with Crippen molar-refractivity contribution in [1.29, 1.82) is 0 Å². The van der Waals surface area contributed by atoms with Crippen LogP contribution in [-0.2, 0) is 11.2 Å². The first kappa shape index (κ1) is 27.7. The summed E-state index contributed by atoms with van der Waals surface area (Å²) in [6.07, 6.45) is 6.65. The highest BCUT2D eigenvalue weighted by Gasteiger charge is 2.43. The van der Waals surface area contributed by atoms with Crippen molar-refractivity contribution in [3.8, 4) is 11.5 Å². The Balaban J connectivity index is 1.44. The van der Waals surface area contributed by atoms with Gasteiger partial charge in [-0.1, -0.05) is 49.4 Å². The minimum absolute atomic E-state index is 0.0893. The number of methoxy groups -OCH3 is 2. The predicted octanol–water partition coefficient (Wildman–Crippen LogP) is 5.65. The van der Waals surface area contributed by atoms with Crippen molar-refractivity contribution in [2.75, 3.05) is 20.0 Å². The maximum absolute atomic E-state index is 13.7. The second kappa shape index (κ2) is 12.6. The number of hydrazone groups is 1. The highest BCUT2D eigenvalue weighted by molar-refractivity contribution is 7.99. The number of fused-ring (bicyclic) bond motifs is 1. The normalized spacial score (nSPS) is 19.3. The molecule has 8 nitrogen and oxygen atoms in total. The highest BCUT2D eigenvalue weighted by atomic mass is 32.2. The second-order valence-electron chi connectivity index (χ2n) is 9.96. The molecule has 0 saturated heterocycles. The van der Waals surface area contributed by atoms with E-state index in [9.17, 15) is 9.59 Å². The molecule has 1 fully saturated rings. The summed E-state index contributed by atoms with van der Waals surface area (Å²) in [4.78, 5) is 33.1. The molecule has 40 heavy (non-hydrogen) atoms. The fourth-order valence-electron chi connectivity index (χ4n) is 5.38. The van der Waals surface area contributed by atoms with E-state index in [1.54, 1.807) is 19.2 Å². The van der Waals surface area contributed by atoms with Crippen molar-refractivity contribution in [1.82, 2.24) is 15.0 Å². The molecule has 3 aromatic rings. The Kier molecular flexibility index (Phi) is 8.69. The molecule has 1 N–H and O–H groups in total. The van der Waals surface area contributed by atoms with Crippen molar-refractivity contribution in [2.45, 2.75) is 50.2 Å². The van der Waals surface area contributed by atoms with Crippen LogP contribution in [0, 0.1) is 5.92 Å². The van der Waals surface area contributed by atoms with Crippen LogP contribution in [0.25, 0.3) is 6.08 Å². The summed E-state index contributed by atoms with van der Waals surface area (Å²) in [5.41, 5.74) is 4.75. The van der Waals surface area contributed by atoms with Gasteiger partial charge in [0.15, 0.2) is 5.16 Å². The van der Waals surface area contributed by atoms with E-state index >= 15 is 0 Å². The van der Waals surface area contributed by atoms with Crippen LogP contribution in [0.15, 0.2) is 75.2 Å². The largest absolute Gasteiger partial charge is 0.497 e. The van der Waals surface area contributed by atoms with E-state index in [2.05, 4.69) is 16.0 Å². The number of aromatic amines is 1. The van der Waals surface area contributed by atoms with E-state index < -0.39 is 0 Å². The van der Waals surface area contributed by atoms with Gasteiger partial charge in [0.05, 0.1) is 31.7 Å². The molecule has 1 aliphatic carbocycles. The van der Waals surface area contributed by atoms with Crippen LogP contribution in [0.1, 0.15) is 55.5 Å². The number of thioether (sulfide) groups is 1. The fraction of sp³-hybridized carbons (Fsp3) is 0.355. The smallest absolute Gasteiger partial charge is 0.253 e. The number of nitrogens with one attached hydrogen (secondary N) is 1. The summed E-state index contributed by atoms with van der Waals surface area (Å²) < 4.78 is 10.7. The van der Waals surface area contributed by atoms with Crippen molar-refractivity contribution in [2.24, 2.45) is 11.0 Å². The minimum Gasteiger partial charge on any atom is -0.497 e. The Bertz CT molecular complexity index is 1460. The van der Waals surface area contributed by atoms with E-state index in [1.165, 1.54) is 17.8 Å². The molecule has 2 heterocycles. The Morgan fingerprint density at radius 2 is 1.80 bits per heavy atom. The Hall–Kier alpha value is -3.85. The Morgan fingerprint density at radius 3 is 2.48 bits per heavy atom. The van der Waals surface area contributed by atoms with Crippen LogP contribution in [0.2, 0.25) is 0 Å². The number of aryl methyl sites for hydroxylation is 1. The number of allylic oxidation sites excluding steroid dienone is 1. The first-order valence-electron chi connectivity index (χ1n) is 13.6. The molecule has 2 aromatic carbocycles. The number of carbonyl (C=O) groups is 1. The molecule has 2 aliphatic rings. The van der Waals surface area contributed by atoms with Gasteiger partial charge in [0.25, 0.3) is 11.5 Å². The fourth-order valence-corrected chi connectivity index (χ4v) is 6.12. The molecule has 0 unspecified atom stereocenters. The lowest BCUT2D eigenvalue weighted by Gasteiger charge is -2.29.